The predicted octanol–water partition coefficient (Wildman–Crippen LogP) is 0.767. The van der Waals surface area contributed by atoms with Crippen LogP contribution in [0.1, 0.15) is 18.2 Å². The Hall–Kier alpha value is -1.88. The number of aromatic amines is 1. The summed E-state index contributed by atoms with van der Waals surface area (Å²) in [6.45, 7) is 9.25. The molecule has 0 saturated carbocycles. The van der Waals surface area contributed by atoms with Gasteiger partial charge in [-0.2, -0.15) is 0 Å². The first-order valence-corrected chi connectivity index (χ1v) is 6.98. The van der Waals surface area contributed by atoms with E-state index in [9.17, 15) is 9.59 Å². The van der Waals surface area contributed by atoms with Crippen molar-refractivity contribution in [1.29, 1.82) is 0 Å². The van der Waals surface area contributed by atoms with Crippen molar-refractivity contribution in [2.45, 2.75) is 19.9 Å². The number of hydrogen-bond acceptors (Lipinski definition) is 3. The number of H-pyrrole nitrogens is 1. The van der Waals surface area contributed by atoms with Crippen molar-refractivity contribution in [1.82, 2.24) is 14.8 Å². The lowest BCUT2D eigenvalue weighted by atomic mass is 10.2. The van der Waals surface area contributed by atoms with E-state index in [0.29, 0.717) is 13.1 Å². The van der Waals surface area contributed by atoms with Crippen LogP contribution in [0.3, 0.4) is 0 Å². The van der Waals surface area contributed by atoms with Gasteiger partial charge in [0.25, 0.3) is 5.56 Å². The molecule has 1 amide bonds. The number of carbonyl (C=O) groups is 1. The quantitative estimate of drug-likeness (QED) is 0.826. The van der Waals surface area contributed by atoms with Gasteiger partial charge in [-0.25, -0.2) is 0 Å². The highest BCUT2D eigenvalue weighted by molar-refractivity contribution is 5.87. The van der Waals surface area contributed by atoms with Crippen LogP contribution in [0.2, 0.25) is 0 Å². The number of aromatic nitrogens is 1. The smallest absolute Gasteiger partial charge is 0.251 e. The number of nitrogens with one attached hydrogen (secondary N) is 1. The molecule has 0 radical (unpaired) electrons. The molecule has 2 heterocycles. The van der Waals surface area contributed by atoms with E-state index in [0.717, 1.165) is 37.3 Å². The number of pyridine rings is 1. The molecule has 20 heavy (non-hydrogen) atoms. The van der Waals surface area contributed by atoms with E-state index in [2.05, 4.69) is 16.5 Å². The number of amides is 1. The molecule has 5 heteroatoms. The summed E-state index contributed by atoms with van der Waals surface area (Å²) in [7, 11) is 0. The Balaban J connectivity index is 1.92. The molecule has 0 aliphatic carbocycles. The maximum Gasteiger partial charge on any atom is 0.251 e. The molecule has 2 rings (SSSR count). The van der Waals surface area contributed by atoms with E-state index in [-0.39, 0.29) is 11.5 Å². The summed E-state index contributed by atoms with van der Waals surface area (Å²) in [5.41, 5.74) is 1.75. The second-order valence-electron chi connectivity index (χ2n) is 5.00. The molecule has 1 N–H and O–H groups in total. The Labute approximate surface area is 118 Å². The zero-order valence-electron chi connectivity index (χ0n) is 11.9. The van der Waals surface area contributed by atoms with Crippen molar-refractivity contribution in [3.05, 3.63) is 46.4 Å². The molecule has 0 unspecified atom stereocenters. The normalized spacial score (nSPS) is 16.1. The molecule has 1 fully saturated rings. The number of hydrogen-bond donors (Lipinski definition) is 1. The van der Waals surface area contributed by atoms with Gasteiger partial charge in [-0.1, -0.05) is 19.6 Å². The Kier molecular flexibility index (Phi) is 4.74. The van der Waals surface area contributed by atoms with E-state index >= 15 is 0 Å². The number of aryl methyl sites for hydroxylation is 1. The van der Waals surface area contributed by atoms with E-state index in [4.69, 9.17) is 0 Å². The Morgan fingerprint density at radius 1 is 1.35 bits per heavy atom. The van der Waals surface area contributed by atoms with E-state index in [1.807, 2.05) is 19.1 Å². The van der Waals surface area contributed by atoms with Crippen LogP contribution in [0.25, 0.3) is 0 Å². The maximum atomic E-state index is 11.8. The van der Waals surface area contributed by atoms with Gasteiger partial charge in [0.15, 0.2) is 0 Å². The van der Waals surface area contributed by atoms with Gasteiger partial charge < -0.3 is 9.88 Å². The number of nitrogens with zero attached hydrogens (tertiary/aromatic N) is 2. The molecule has 108 valence electrons. The van der Waals surface area contributed by atoms with E-state index < -0.39 is 0 Å². The van der Waals surface area contributed by atoms with Crippen LogP contribution < -0.4 is 5.56 Å². The van der Waals surface area contributed by atoms with E-state index in [1.54, 1.807) is 4.90 Å². The van der Waals surface area contributed by atoms with Crippen LogP contribution in [-0.2, 0) is 17.8 Å². The highest BCUT2D eigenvalue weighted by Gasteiger charge is 2.19. The molecule has 1 aliphatic rings. The third-order valence-corrected chi connectivity index (χ3v) is 3.68. The number of carbonyl (C=O) groups excluding carboxylic acids is 1. The lowest BCUT2D eigenvalue weighted by molar-refractivity contribution is -0.127. The highest BCUT2D eigenvalue weighted by Crippen LogP contribution is 2.07. The zero-order valence-corrected chi connectivity index (χ0v) is 11.9. The molecule has 5 nitrogen and oxygen atoms in total. The van der Waals surface area contributed by atoms with Gasteiger partial charge in [0, 0.05) is 44.0 Å². The van der Waals surface area contributed by atoms with E-state index in [1.165, 1.54) is 6.08 Å². The summed E-state index contributed by atoms with van der Waals surface area (Å²) in [6, 6.07) is 3.87. The third kappa shape index (κ3) is 3.36. The molecule has 0 aromatic carbocycles. The topological polar surface area (TPSA) is 56.4 Å². The Morgan fingerprint density at radius 2 is 2.05 bits per heavy atom. The van der Waals surface area contributed by atoms with Crippen molar-refractivity contribution in [3.63, 3.8) is 0 Å². The summed E-state index contributed by atoms with van der Waals surface area (Å²) in [6.07, 6.45) is 2.11. The summed E-state index contributed by atoms with van der Waals surface area (Å²) in [4.78, 5) is 30.2. The lowest BCUT2D eigenvalue weighted by Crippen LogP contribution is -2.47. The summed E-state index contributed by atoms with van der Waals surface area (Å²) >= 11 is 0. The second kappa shape index (κ2) is 6.52. The number of piperazine rings is 1. The molecule has 1 aromatic heterocycles. The fraction of sp³-hybridized carbons (Fsp3) is 0.467. The molecule has 0 bridgehead atoms. The van der Waals surface area contributed by atoms with Crippen LogP contribution in [0, 0.1) is 0 Å². The minimum atomic E-state index is -0.00893. The first kappa shape index (κ1) is 14.5. The largest absolute Gasteiger partial charge is 0.337 e. The number of rotatable bonds is 4. The molecule has 1 saturated heterocycles. The van der Waals surface area contributed by atoms with Crippen LogP contribution in [0.5, 0.6) is 0 Å². The van der Waals surface area contributed by atoms with Gasteiger partial charge in [0.05, 0.1) is 0 Å². The van der Waals surface area contributed by atoms with Crippen molar-refractivity contribution in [2.75, 3.05) is 26.2 Å². The standard InChI is InChI=1S/C15H21N3O2/c1-3-12-5-6-13(16-15(12)20)11-17-7-9-18(10-8-17)14(19)4-2/h4-6H,2-3,7-11H2,1H3,(H,16,20). The Morgan fingerprint density at radius 3 is 2.60 bits per heavy atom. The highest BCUT2D eigenvalue weighted by atomic mass is 16.2. The predicted molar refractivity (Wildman–Crippen MR) is 78.5 cm³/mol. The molecule has 0 atom stereocenters. The molecule has 1 aliphatic heterocycles. The fourth-order valence-electron chi connectivity index (χ4n) is 2.41. The summed E-state index contributed by atoms with van der Waals surface area (Å²) in [5.74, 6) is -0.00893. The SMILES string of the molecule is C=CC(=O)N1CCN(Cc2ccc(CC)c(=O)[nH]2)CC1. The molecular weight excluding hydrogens is 254 g/mol. The minimum Gasteiger partial charge on any atom is -0.337 e. The lowest BCUT2D eigenvalue weighted by Gasteiger charge is -2.34. The molecule has 1 aromatic rings. The monoisotopic (exact) mass is 275 g/mol. The van der Waals surface area contributed by atoms with Crippen LogP contribution in [-0.4, -0.2) is 46.9 Å². The van der Waals surface area contributed by atoms with Gasteiger partial charge >= 0.3 is 0 Å². The van der Waals surface area contributed by atoms with Crippen molar-refractivity contribution < 1.29 is 4.79 Å². The fourth-order valence-corrected chi connectivity index (χ4v) is 2.41. The average molecular weight is 275 g/mol. The van der Waals surface area contributed by atoms with Gasteiger partial charge in [0.2, 0.25) is 5.91 Å². The average Bonchev–Trinajstić information content (AvgIpc) is 2.47. The minimum absolute atomic E-state index is 0.00507. The van der Waals surface area contributed by atoms with Crippen molar-refractivity contribution in [3.8, 4) is 0 Å². The van der Waals surface area contributed by atoms with Crippen LogP contribution in [0.4, 0.5) is 0 Å². The molecule has 0 spiro atoms. The zero-order chi connectivity index (χ0) is 14.5. The third-order valence-electron chi connectivity index (χ3n) is 3.68. The van der Waals surface area contributed by atoms with Crippen molar-refractivity contribution in [2.24, 2.45) is 0 Å². The van der Waals surface area contributed by atoms with Gasteiger partial charge in [-0.05, 0) is 18.6 Å². The van der Waals surface area contributed by atoms with Gasteiger partial charge in [-0.3, -0.25) is 14.5 Å². The first-order chi connectivity index (χ1) is 9.63. The summed E-state index contributed by atoms with van der Waals surface area (Å²) in [5, 5.41) is 0. The summed E-state index contributed by atoms with van der Waals surface area (Å²) < 4.78 is 0. The van der Waals surface area contributed by atoms with Crippen molar-refractivity contribution >= 4 is 5.91 Å². The Bertz CT molecular complexity index is 542. The molecular formula is C15H21N3O2. The second-order valence-corrected chi connectivity index (χ2v) is 5.00. The van der Waals surface area contributed by atoms with Gasteiger partial charge in [0.1, 0.15) is 0 Å². The maximum absolute atomic E-state index is 11.8. The van der Waals surface area contributed by atoms with Crippen LogP contribution >= 0.6 is 0 Å². The first-order valence-electron chi connectivity index (χ1n) is 6.98. The van der Waals surface area contributed by atoms with Crippen LogP contribution in [0.15, 0.2) is 29.6 Å². The van der Waals surface area contributed by atoms with Gasteiger partial charge in [-0.15, -0.1) is 0 Å².